The molecule has 0 unspecified atom stereocenters. The Bertz CT molecular complexity index is 411. The van der Waals surface area contributed by atoms with Gasteiger partial charge in [-0.05, 0) is 32.1 Å². The highest BCUT2D eigenvalue weighted by molar-refractivity contribution is 7.11. The van der Waals surface area contributed by atoms with Crippen LogP contribution in [0.2, 0.25) is 0 Å². The zero-order valence-corrected chi connectivity index (χ0v) is 11.6. The fourth-order valence-corrected chi connectivity index (χ4v) is 3.12. The van der Waals surface area contributed by atoms with E-state index in [-0.39, 0.29) is 5.91 Å². The number of amides is 1. The minimum Gasteiger partial charge on any atom is -0.380 e. The summed E-state index contributed by atoms with van der Waals surface area (Å²) in [4.78, 5) is 17.4. The van der Waals surface area contributed by atoms with E-state index in [1.165, 1.54) is 4.88 Å². The van der Waals surface area contributed by atoms with Gasteiger partial charge in [-0.2, -0.15) is 0 Å². The Morgan fingerprint density at radius 2 is 2.28 bits per heavy atom. The van der Waals surface area contributed by atoms with Gasteiger partial charge in [0.15, 0.2) is 0 Å². The van der Waals surface area contributed by atoms with Gasteiger partial charge >= 0.3 is 0 Å². The quantitative estimate of drug-likeness (QED) is 0.854. The summed E-state index contributed by atoms with van der Waals surface area (Å²) in [5.41, 5.74) is -1.11. The lowest BCUT2D eigenvalue weighted by Crippen LogP contribution is -2.45. The molecule has 1 fully saturated rings. The molecule has 1 amide bonds. The standard InChI is InChI=1S/C13H20N2O2S/c1-2-10-9-15-11(18-10)5-8-14-12(16)13(17)6-3-4-7-13/h9,17H,2-8H2,1H3,(H,14,16). The van der Waals surface area contributed by atoms with Crippen molar-refractivity contribution >= 4 is 17.2 Å². The van der Waals surface area contributed by atoms with Crippen molar-refractivity contribution in [2.75, 3.05) is 6.54 Å². The topological polar surface area (TPSA) is 62.2 Å². The van der Waals surface area contributed by atoms with Crippen molar-refractivity contribution in [3.8, 4) is 0 Å². The first-order valence-electron chi connectivity index (χ1n) is 6.58. The summed E-state index contributed by atoms with van der Waals surface area (Å²) in [5, 5.41) is 13.9. The molecule has 4 nitrogen and oxygen atoms in total. The molecular weight excluding hydrogens is 248 g/mol. The van der Waals surface area contributed by atoms with Crippen LogP contribution in [0.5, 0.6) is 0 Å². The number of nitrogens with zero attached hydrogens (tertiary/aromatic N) is 1. The van der Waals surface area contributed by atoms with E-state index in [0.29, 0.717) is 19.4 Å². The maximum Gasteiger partial charge on any atom is 0.251 e. The molecule has 0 aromatic carbocycles. The number of hydrogen-bond donors (Lipinski definition) is 2. The third-order valence-corrected chi connectivity index (χ3v) is 4.63. The van der Waals surface area contributed by atoms with E-state index in [1.54, 1.807) is 11.3 Å². The predicted octanol–water partition coefficient (Wildman–Crippen LogP) is 1.67. The normalized spacial score (nSPS) is 17.9. The molecule has 18 heavy (non-hydrogen) atoms. The van der Waals surface area contributed by atoms with Crippen molar-refractivity contribution in [3.63, 3.8) is 0 Å². The molecule has 0 bridgehead atoms. The molecule has 1 aliphatic rings. The molecule has 1 saturated carbocycles. The minimum absolute atomic E-state index is 0.215. The number of hydrogen-bond acceptors (Lipinski definition) is 4. The van der Waals surface area contributed by atoms with Gasteiger partial charge in [0.05, 0.1) is 5.01 Å². The van der Waals surface area contributed by atoms with Crippen LogP contribution in [0.1, 0.15) is 42.5 Å². The van der Waals surface area contributed by atoms with Gasteiger partial charge in [0.1, 0.15) is 5.60 Å². The van der Waals surface area contributed by atoms with Crippen molar-refractivity contribution in [1.82, 2.24) is 10.3 Å². The second kappa shape index (κ2) is 5.80. The lowest BCUT2D eigenvalue weighted by molar-refractivity contribution is -0.139. The molecule has 1 aromatic rings. The Morgan fingerprint density at radius 1 is 1.56 bits per heavy atom. The average molecular weight is 268 g/mol. The van der Waals surface area contributed by atoms with E-state index < -0.39 is 5.60 Å². The number of thiazole rings is 1. The van der Waals surface area contributed by atoms with Gasteiger partial charge < -0.3 is 10.4 Å². The van der Waals surface area contributed by atoms with Crippen LogP contribution in [0.15, 0.2) is 6.20 Å². The predicted molar refractivity (Wildman–Crippen MR) is 71.6 cm³/mol. The van der Waals surface area contributed by atoms with Crippen LogP contribution in [0.4, 0.5) is 0 Å². The first kappa shape index (κ1) is 13.5. The maximum atomic E-state index is 11.8. The van der Waals surface area contributed by atoms with Crippen LogP contribution in [0.25, 0.3) is 0 Å². The third-order valence-electron chi connectivity index (χ3n) is 3.43. The summed E-state index contributed by atoms with van der Waals surface area (Å²) in [5.74, 6) is -0.215. The first-order chi connectivity index (χ1) is 8.64. The molecule has 0 radical (unpaired) electrons. The van der Waals surface area contributed by atoms with Crippen LogP contribution in [0, 0.1) is 0 Å². The molecule has 0 spiro atoms. The molecule has 100 valence electrons. The zero-order chi connectivity index (χ0) is 13.0. The Hall–Kier alpha value is -0.940. The second-order valence-corrected chi connectivity index (χ2v) is 6.02. The van der Waals surface area contributed by atoms with Gasteiger partial charge in [-0.3, -0.25) is 4.79 Å². The number of carbonyl (C=O) groups excluding carboxylic acids is 1. The van der Waals surface area contributed by atoms with Gasteiger partial charge in [-0.15, -0.1) is 11.3 Å². The lowest BCUT2D eigenvalue weighted by atomic mass is 10.0. The van der Waals surface area contributed by atoms with E-state index in [0.717, 1.165) is 30.7 Å². The number of rotatable bonds is 5. The molecule has 1 aliphatic carbocycles. The van der Waals surface area contributed by atoms with Crippen molar-refractivity contribution < 1.29 is 9.90 Å². The number of aryl methyl sites for hydroxylation is 1. The number of carbonyl (C=O) groups is 1. The van der Waals surface area contributed by atoms with Crippen LogP contribution in [-0.4, -0.2) is 28.1 Å². The first-order valence-corrected chi connectivity index (χ1v) is 7.40. The molecule has 2 rings (SSSR count). The van der Waals surface area contributed by atoms with Crippen molar-refractivity contribution in [3.05, 3.63) is 16.1 Å². The smallest absolute Gasteiger partial charge is 0.251 e. The average Bonchev–Trinajstić information content (AvgIpc) is 2.99. The molecule has 5 heteroatoms. The largest absolute Gasteiger partial charge is 0.380 e. The summed E-state index contributed by atoms with van der Waals surface area (Å²) in [6, 6.07) is 0. The van der Waals surface area contributed by atoms with Crippen LogP contribution >= 0.6 is 11.3 Å². The molecule has 0 saturated heterocycles. The molecule has 1 aromatic heterocycles. The maximum absolute atomic E-state index is 11.8. The van der Waals surface area contributed by atoms with E-state index in [2.05, 4.69) is 17.2 Å². The van der Waals surface area contributed by atoms with Crippen LogP contribution in [-0.2, 0) is 17.6 Å². The van der Waals surface area contributed by atoms with Gasteiger partial charge in [0, 0.05) is 24.0 Å². The minimum atomic E-state index is -1.11. The fraction of sp³-hybridized carbons (Fsp3) is 0.692. The summed E-state index contributed by atoms with van der Waals surface area (Å²) >= 11 is 1.69. The van der Waals surface area contributed by atoms with Crippen molar-refractivity contribution in [1.29, 1.82) is 0 Å². The van der Waals surface area contributed by atoms with Gasteiger partial charge in [0.2, 0.25) is 0 Å². The lowest BCUT2D eigenvalue weighted by Gasteiger charge is -2.20. The highest BCUT2D eigenvalue weighted by atomic mass is 32.1. The van der Waals surface area contributed by atoms with Gasteiger partial charge in [-0.25, -0.2) is 4.98 Å². The summed E-state index contributed by atoms with van der Waals surface area (Å²) in [6.07, 6.45) is 6.71. The Balaban J connectivity index is 1.76. The van der Waals surface area contributed by atoms with Crippen molar-refractivity contribution in [2.24, 2.45) is 0 Å². The summed E-state index contributed by atoms with van der Waals surface area (Å²) in [7, 11) is 0. The molecule has 0 aliphatic heterocycles. The number of aromatic nitrogens is 1. The van der Waals surface area contributed by atoms with Crippen LogP contribution in [0.3, 0.4) is 0 Å². The summed E-state index contributed by atoms with van der Waals surface area (Å²) in [6.45, 7) is 2.66. The Morgan fingerprint density at radius 3 is 2.89 bits per heavy atom. The second-order valence-electron chi connectivity index (χ2n) is 4.82. The van der Waals surface area contributed by atoms with Crippen LogP contribution < -0.4 is 5.32 Å². The number of aliphatic hydroxyl groups is 1. The highest BCUT2D eigenvalue weighted by Crippen LogP contribution is 2.29. The molecular formula is C13H20N2O2S. The Kier molecular flexibility index (Phi) is 4.35. The fourth-order valence-electron chi connectivity index (χ4n) is 2.26. The SMILES string of the molecule is CCc1cnc(CCNC(=O)C2(O)CCCC2)s1. The van der Waals surface area contributed by atoms with E-state index in [1.807, 2.05) is 6.20 Å². The van der Waals surface area contributed by atoms with Gasteiger partial charge in [-0.1, -0.05) is 6.92 Å². The third kappa shape index (κ3) is 3.09. The highest BCUT2D eigenvalue weighted by Gasteiger charge is 2.38. The van der Waals surface area contributed by atoms with Crippen molar-refractivity contribution in [2.45, 2.75) is 51.0 Å². The number of nitrogens with one attached hydrogen (secondary N) is 1. The van der Waals surface area contributed by atoms with E-state index in [4.69, 9.17) is 0 Å². The zero-order valence-electron chi connectivity index (χ0n) is 10.7. The Labute approximate surface area is 111 Å². The molecule has 1 heterocycles. The van der Waals surface area contributed by atoms with E-state index >= 15 is 0 Å². The molecule has 2 N–H and O–H groups in total. The summed E-state index contributed by atoms with van der Waals surface area (Å²) < 4.78 is 0. The monoisotopic (exact) mass is 268 g/mol. The molecule has 0 atom stereocenters. The van der Waals surface area contributed by atoms with Gasteiger partial charge in [0.25, 0.3) is 5.91 Å². The van der Waals surface area contributed by atoms with E-state index in [9.17, 15) is 9.90 Å².